The van der Waals surface area contributed by atoms with Crippen molar-refractivity contribution in [2.24, 2.45) is 18.2 Å². The van der Waals surface area contributed by atoms with Crippen molar-refractivity contribution in [3.8, 4) is 0 Å². The number of hydrogen-bond acceptors (Lipinski definition) is 7. The number of carbonyl (C=O) groups is 2. The molecule has 2 aromatic heterocycles. The van der Waals surface area contributed by atoms with Gasteiger partial charge in [-0.25, -0.2) is 14.8 Å². The summed E-state index contributed by atoms with van der Waals surface area (Å²) in [5, 5.41) is 0.0977. The van der Waals surface area contributed by atoms with E-state index in [0.29, 0.717) is 62.0 Å². The Bertz CT molecular complexity index is 1190. The lowest BCUT2D eigenvalue weighted by Gasteiger charge is -2.38. The SMILES string of the molecule is COCCCCn1c(=O)n(C)c2c(Cl)nc(/C(N)=C3\CCCC4(CCCCC4=O)C3=O)nc21. The standard InChI is InChI=1S/C23H30ClN5O4/c1-28-17-19(24)26-20(27-21(17)29(22(28)32)12-5-6-13-33-2)16(25)14-8-7-11-23(18(14)31)10-4-3-9-15(23)30/h3-13,25H2,1-2H3/b16-14-. The Morgan fingerprint density at radius 2 is 1.88 bits per heavy atom. The van der Waals surface area contributed by atoms with E-state index in [1.54, 1.807) is 18.7 Å². The molecule has 10 heteroatoms. The minimum atomic E-state index is -0.958. The van der Waals surface area contributed by atoms with Crippen LogP contribution in [-0.2, 0) is 27.9 Å². The molecular formula is C23H30ClN5O4. The number of Topliss-reactive ketones (excluding diaryl/α,β-unsaturated/α-hetero) is 2. The zero-order valence-corrected chi connectivity index (χ0v) is 19.9. The van der Waals surface area contributed by atoms with Crippen molar-refractivity contribution in [3.63, 3.8) is 0 Å². The molecule has 0 amide bonds. The average Bonchev–Trinajstić information content (AvgIpc) is 3.04. The number of hydrogen-bond donors (Lipinski definition) is 1. The minimum absolute atomic E-state index is 0.0195. The molecule has 2 fully saturated rings. The predicted molar refractivity (Wildman–Crippen MR) is 125 cm³/mol. The normalized spacial score (nSPS) is 23.0. The Kier molecular flexibility index (Phi) is 6.72. The first-order chi connectivity index (χ1) is 15.8. The number of rotatable bonds is 6. The molecule has 2 heterocycles. The minimum Gasteiger partial charge on any atom is -0.395 e. The molecule has 0 radical (unpaired) electrons. The summed E-state index contributed by atoms with van der Waals surface area (Å²) in [6.07, 6.45) is 5.96. The second-order valence-electron chi connectivity index (χ2n) is 8.99. The first-order valence-electron chi connectivity index (χ1n) is 11.5. The van der Waals surface area contributed by atoms with Crippen LogP contribution in [0.4, 0.5) is 0 Å². The summed E-state index contributed by atoms with van der Waals surface area (Å²) >= 11 is 6.46. The van der Waals surface area contributed by atoms with E-state index >= 15 is 0 Å². The first-order valence-corrected chi connectivity index (χ1v) is 11.9. The van der Waals surface area contributed by atoms with Crippen LogP contribution in [-0.4, -0.2) is 44.4 Å². The number of nitrogens with zero attached hydrogens (tertiary/aromatic N) is 4. The maximum atomic E-state index is 13.5. The molecule has 178 valence electrons. The van der Waals surface area contributed by atoms with Crippen LogP contribution in [0.25, 0.3) is 16.9 Å². The molecule has 33 heavy (non-hydrogen) atoms. The fourth-order valence-electron chi connectivity index (χ4n) is 5.17. The molecule has 2 aliphatic carbocycles. The van der Waals surface area contributed by atoms with E-state index in [1.165, 1.54) is 4.57 Å². The van der Waals surface area contributed by atoms with E-state index in [1.807, 2.05) is 0 Å². The number of unbranched alkanes of at least 4 members (excludes halogenated alkanes) is 1. The van der Waals surface area contributed by atoms with Gasteiger partial charge in [0.05, 0.1) is 11.1 Å². The van der Waals surface area contributed by atoms with Crippen molar-refractivity contribution in [1.29, 1.82) is 0 Å². The lowest BCUT2D eigenvalue weighted by Crippen LogP contribution is -2.45. The zero-order valence-electron chi connectivity index (χ0n) is 19.2. The number of ether oxygens (including phenoxy) is 1. The third kappa shape index (κ3) is 4.01. The number of aryl methyl sites for hydroxylation is 2. The van der Waals surface area contributed by atoms with Gasteiger partial charge in [0.15, 0.2) is 22.4 Å². The van der Waals surface area contributed by atoms with E-state index in [2.05, 4.69) is 9.97 Å². The highest BCUT2D eigenvalue weighted by atomic mass is 35.5. The van der Waals surface area contributed by atoms with Gasteiger partial charge in [-0.2, -0.15) is 0 Å². The number of fused-ring (bicyclic) bond motifs is 1. The van der Waals surface area contributed by atoms with Gasteiger partial charge >= 0.3 is 5.69 Å². The number of allylic oxidation sites excluding steroid dienone is 1. The lowest BCUT2D eigenvalue weighted by molar-refractivity contribution is -0.143. The van der Waals surface area contributed by atoms with Crippen LogP contribution in [0.5, 0.6) is 0 Å². The summed E-state index contributed by atoms with van der Waals surface area (Å²) in [6, 6.07) is 0. The van der Waals surface area contributed by atoms with Crippen LogP contribution in [0, 0.1) is 5.41 Å². The molecule has 1 spiro atoms. The maximum absolute atomic E-state index is 13.5. The Hall–Kier alpha value is -2.52. The van der Waals surface area contributed by atoms with Crippen LogP contribution >= 0.6 is 11.6 Å². The number of ketones is 2. The molecule has 2 N–H and O–H groups in total. The van der Waals surface area contributed by atoms with Gasteiger partial charge in [0.1, 0.15) is 11.3 Å². The molecule has 0 bridgehead atoms. The van der Waals surface area contributed by atoms with Crippen LogP contribution in [0.15, 0.2) is 10.4 Å². The number of nitrogens with two attached hydrogens (primary N) is 1. The topological polar surface area (TPSA) is 122 Å². The third-order valence-electron chi connectivity index (χ3n) is 7.01. The second kappa shape index (κ2) is 9.38. The van der Waals surface area contributed by atoms with Crippen molar-refractivity contribution in [2.45, 2.75) is 64.3 Å². The largest absolute Gasteiger partial charge is 0.395 e. The quantitative estimate of drug-likeness (QED) is 0.295. The van der Waals surface area contributed by atoms with Crippen molar-refractivity contribution >= 4 is 40.0 Å². The lowest BCUT2D eigenvalue weighted by atomic mass is 9.62. The van der Waals surface area contributed by atoms with E-state index in [9.17, 15) is 14.4 Å². The Morgan fingerprint density at radius 3 is 2.61 bits per heavy atom. The summed E-state index contributed by atoms with van der Waals surface area (Å²) in [5.74, 6) is -0.0562. The number of aromatic nitrogens is 4. The van der Waals surface area contributed by atoms with Crippen molar-refractivity contribution in [1.82, 2.24) is 19.1 Å². The van der Waals surface area contributed by atoms with Crippen molar-refractivity contribution in [3.05, 3.63) is 27.0 Å². The number of methoxy groups -OCH3 is 1. The Morgan fingerprint density at radius 1 is 1.12 bits per heavy atom. The van der Waals surface area contributed by atoms with E-state index in [-0.39, 0.29) is 33.9 Å². The van der Waals surface area contributed by atoms with E-state index in [0.717, 1.165) is 25.7 Å². The molecule has 4 rings (SSSR count). The molecule has 2 saturated carbocycles. The smallest absolute Gasteiger partial charge is 0.330 e. The molecule has 1 atom stereocenters. The predicted octanol–water partition coefficient (Wildman–Crippen LogP) is 2.76. The first kappa shape index (κ1) is 23.6. The maximum Gasteiger partial charge on any atom is 0.330 e. The van der Waals surface area contributed by atoms with E-state index < -0.39 is 5.41 Å². The van der Waals surface area contributed by atoms with Crippen LogP contribution in [0.1, 0.15) is 63.6 Å². The summed E-state index contributed by atoms with van der Waals surface area (Å²) in [5.41, 5.74) is 6.58. The third-order valence-corrected chi connectivity index (χ3v) is 7.27. The highest BCUT2D eigenvalue weighted by molar-refractivity contribution is 6.33. The summed E-state index contributed by atoms with van der Waals surface area (Å²) in [4.78, 5) is 48.0. The molecule has 0 saturated heterocycles. The molecule has 0 aliphatic heterocycles. The van der Waals surface area contributed by atoms with Crippen LogP contribution in [0.3, 0.4) is 0 Å². The van der Waals surface area contributed by atoms with Gasteiger partial charge < -0.3 is 10.5 Å². The molecule has 9 nitrogen and oxygen atoms in total. The fourth-order valence-corrected chi connectivity index (χ4v) is 5.46. The fraction of sp³-hybridized carbons (Fsp3) is 0.609. The summed E-state index contributed by atoms with van der Waals surface area (Å²) < 4.78 is 8.06. The summed E-state index contributed by atoms with van der Waals surface area (Å²) in [6.45, 7) is 1.04. The summed E-state index contributed by atoms with van der Waals surface area (Å²) in [7, 11) is 3.26. The van der Waals surface area contributed by atoms with Gasteiger partial charge in [-0.05, 0) is 44.9 Å². The zero-order chi connectivity index (χ0) is 23.8. The highest BCUT2D eigenvalue weighted by Gasteiger charge is 2.49. The van der Waals surface area contributed by atoms with Crippen molar-refractivity contribution in [2.75, 3.05) is 13.7 Å². The highest BCUT2D eigenvalue weighted by Crippen LogP contribution is 2.45. The van der Waals surface area contributed by atoms with Crippen LogP contribution in [0.2, 0.25) is 5.15 Å². The van der Waals surface area contributed by atoms with Gasteiger partial charge in [0, 0.05) is 39.3 Å². The number of carbonyl (C=O) groups excluding carboxylic acids is 2. The van der Waals surface area contributed by atoms with Gasteiger partial charge in [-0.15, -0.1) is 0 Å². The Labute approximate surface area is 197 Å². The average molecular weight is 476 g/mol. The number of halogens is 1. The van der Waals surface area contributed by atoms with Gasteiger partial charge in [0.25, 0.3) is 0 Å². The van der Waals surface area contributed by atoms with Crippen LogP contribution < -0.4 is 11.4 Å². The monoisotopic (exact) mass is 475 g/mol. The molecule has 2 aliphatic rings. The van der Waals surface area contributed by atoms with Gasteiger partial charge in [-0.1, -0.05) is 18.0 Å². The van der Waals surface area contributed by atoms with E-state index in [4.69, 9.17) is 22.1 Å². The van der Waals surface area contributed by atoms with Crippen molar-refractivity contribution < 1.29 is 14.3 Å². The molecule has 2 aromatic rings. The molecular weight excluding hydrogens is 446 g/mol. The second-order valence-corrected chi connectivity index (χ2v) is 9.35. The molecule has 1 unspecified atom stereocenters. The van der Waals surface area contributed by atoms with Gasteiger partial charge in [0.2, 0.25) is 0 Å². The number of imidazole rings is 1. The molecule has 0 aromatic carbocycles. The van der Waals surface area contributed by atoms with Gasteiger partial charge in [-0.3, -0.25) is 18.7 Å². The Balaban J connectivity index is 1.77.